The summed E-state index contributed by atoms with van der Waals surface area (Å²) in [6.45, 7) is -0.102. The molecular weight excluding hydrogens is 281 g/mol. The summed E-state index contributed by atoms with van der Waals surface area (Å²) < 4.78 is 4.40. The molecular formula is C11H11Cl2NO4. The van der Waals surface area contributed by atoms with E-state index in [0.717, 1.165) is 0 Å². The molecule has 7 heteroatoms. The van der Waals surface area contributed by atoms with Gasteiger partial charge in [-0.25, -0.2) is 0 Å². The third-order valence-electron chi connectivity index (χ3n) is 2.10. The van der Waals surface area contributed by atoms with Crippen LogP contribution in [-0.4, -0.2) is 36.0 Å². The Labute approximate surface area is 114 Å². The SMILES string of the molecule is COC(=O)C(Cl)CNC(=O)c1ccc(Cl)cc1O. The average Bonchev–Trinajstić information content (AvgIpc) is 2.34. The van der Waals surface area contributed by atoms with Crippen LogP contribution in [0.15, 0.2) is 18.2 Å². The molecule has 0 radical (unpaired) electrons. The molecule has 2 N–H and O–H groups in total. The van der Waals surface area contributed by atoms with E-state index < -0.39 is 17.3 Å². The zero-order chi connectivity index (χ0) is 13.7. The number of ether oxygens (including phenoxy) is 1. The normalized spacial score (nSPS) is 11.7. The minimum atomic E-state index is -0.978. The number of aromatic hydroxyl groups is 1. The molecule has 1 atom stereocenters. The molecule has 0 bridgehead atoms. The highest BCUT2D eigenvalue weighted by Crippen LogP contribution is 2.21. The first-order chi connectivity index (χ1) is 8.45. The molecule has 0 heterocycles. The zero-order valence-corrected chi connectivity index (χ0v) is 11.0. The van der Waals surface area contributed by atoms with Crippen LogP contribution >= 0.6 is 23.2 Å². The van der Waals surface area contributed by atoms with Crippen molar-refractivity contribution >= 4 is 35.1 Å². The molecule has 0 aromatic heterocycles. The highest BCUT2D eigenvalue weighted by molar-refractivity contribution is 6.31. The van der Waals surface area contributed by atoms with Crippen molar-refractivity contribution < 1.29 is 19.4 Å². The van der Waals surface area contributed by atoms with E-state index in [-0.39, 0.29) is 17.9 Å². The van der Waals surface area contributed by atoms with Crippen LogP contribution in [0.3, 0.4) is 0 Å². The highest BCUT2D eigenvalue weighted by atomic mass is 35.5. The van der Waals surface area contributed by atoms with Crippen molar-refractivity contribution in [3.63, 3.8) is 0 Å². The molecule has 0 saturated heterocycles. The van der Waals surface area contributed by atoms with E-state index in [2.05, 4.69) is 10.1 Å². The van der Waals surface area contributed by atoms with Crippen molar-refractivity contribution in [2.24, 2.45) is 0 Å². The minimum Gasteiger partial charge on any atom is -0.507 e. The molecule has 0 fully saturated rings. The standard InChI is InChI=1S/C11H11Cl2NO4/c1-18-11(17)8(13)5-14-10(16)7-3-2-6(12)4-9(7)15/h2-4,8,15H,5H2,1H3,(H,14,16). The fraction of sp³-hybridized carbons (Fsp3) is 0.273. The van der Waals surface area contributed by atoms with E-state index in [0.29, 0.717) is 5.02 Å². The second-order valence-corrected chi connectivity index (χ2v) is 4.33. The van der Waals surface area contributed by atoms with Gasteiger partial charge in [-0.1, -0.05) is 11.6 Å². The molecule has 0 aliphatic rings. The second-order valence-electron chi connectivity index (χ2n) is 3.36. The Balaban J connectivity index is 2.63. The van der Waals surface area contributed by atoms with Crippen molar-refractivity contribution in [3.8, 4) is 5.75 Å². The van der Waals surface area contributed by atoms with E-state index in [4.69, 9.17) is 23.2 Å². The van der Waals surface area contributed by atoms with Gasteiger partial charge in [0, 0.05) is 11.6 Å². The van der Waals surface area contributed by atoms with Gasteiger partial charge in [0.05, 0.1) is 12.7 Å². The molecule has 0 spiro atoms. The predicted molar refractivity (Wildman–Crippen MR) is 67.1 cm³/mol. The quantitative estimate of drug-likeness (QED) is 0.652. The number of alkyl halides is 1. The number of phenols is 1. The van der Waals surface area contributed by atoms with Crippen molar-refractivity contribution in [2.45, 2.75) is 5.38 Å². The summed E-state index contributed by atoms with van der Waals surface area (Å²) in [6, 6.07) is 4.08. The summed E-state index contributed by atoms with van der Waals surface area (Å²) in [5, 5.41) is 11.2. The van der Waals surface area contributed by atoms with Crippen LogP contribution in [0.1, 0.15) is 10.4 Å². The third kappa shape index (κ3) is 3.78. The maximum atomic E-state index is 11.7. The zero-order valence-electron chi connectivity index (χ0n) is 9.44. The fourth-order valence-electron chi connectivity index (χ4n) is 1.19. The van der Waals surface area contributed by atoms with Crippen molar-refractivity contribution in [1.82, 2.24) is 5.32 Å². The number of amides is 1. The molecule has 0 aliphatic carbocycles. The summed E-state index contributed by atoms with van der Waals surface area (Å²) in [7, 11) is 1.20. The summed E-state index contributed by atoms with van der Waals surface area (Å²) in [5.41, 5.74) is 0.0492. The third-order valence-corrected chi connectivity index (χ3v) is 2.67. The predicted octanol–water partition coefficient (Wildman–Crippen LogP) is 1.56. The van der Waals surface area contributed by atoms with E-state index >= 15 is 0 Å². The highest BCUT2D eigenvalue weighted by Gasteiger charge is 2.18. The van der Waals surface area contributed by atoms with Crippen LogP contribution in [-0.2, 0) is 9.53 Å². The Hall–Kier alpha value is -1.46. The van der Waals surface area contributed by atoms with Gasteiger partial charge in [0.1, 0.15) is 11.1 Å². The van der Waals surface area contributed by atoms with Gasteiger partial charge in [-0.2, -0.15) is 0 Å². The number of methoxy groups -OCH3 is 1. The first-order valence-corrected chi connectivity index (χ1v) is 5.75. The van der Waals surface area contributed by atoms with Gasteiger partial charge < -0.3 is 15.2 Å². The van der Waals surface area contributed by atoms with Gasteiger partial charge in [0.2, 0.25) is 0 Å². The van der Waals surface area contributed by atoms with E-state index in [1.54, 1.807) is 0 Å². The summed E-state index contributed by atoms with van der Waals surface area (Å²) in [6.07, 6.45) is 0. The number of benzene rings is 1. The number of halogens is 2. The van der Waals surface area contributed by atoms with Crippen LogP contribution in [0.25, 0.3) is 0 Å². The van der Waals surface area contributed by atoms with Gasteiger partial charge in [-0.15, -0.1) is 11.6 Å². The number of rotatable bonds is 4. The second kappa shape index (κ2) is 6.47. The lowest BCUT2D eigenvalue weighted by molar-refractivity contribution is -0.140. The average molecular weight is 292 g/mol. The van der Waals surface area contributed by atoms with Crippen LogP contribution in [0.4, 0.5) is 0 Å². The van der Waals surface area contributed by atoms with Crippen molar-refractivity contribution in [3.05, 3.63) is 28.8 Å². The molecule has 1 amide bonds. The van der Waals surface area contributed by atoms with E-state index in [1.165, 1.54) is 25.3 Å². The maximum absolute atomic E-state index is 11.7. The lowest BCUT2D eigenvalue weighted by Gasteiger charge is -2.09. The summed E-state index contributed by atoms with van der Waals surface area (Å²) >= 11 is 11.3. The molecule has 98 valence electrons. The smallest absolute Gasteiger partial charge is 0.325 e. The Kier molecular flexibility index (Phi) is 5.25. The van der Waals surface area contributed by atoms with Crippen LogP contribution < -0.4 is 5.32 Å². The molecule has 5 nitrogen and oxygen atoms in total. The Morgan fingerprint density at radius 3 is 2.72 bits per heavy atom. The summed E-state index contributed by atoms with van der Waals surface area (Å²) in [5.74, 6) is -1.44. The van der Waals surface area contributed by atoms with E-state index in [1.807, 2.05) is 0 Å². The molecule has 1 aromatic carbocycles. The number of hydrogen-bond acceptors (Lipinski definition) is 4. The largest absolute Gasteiger partial charge is 0.507 e. The van der Waals surface area contributed by atoms with Crippen molar-refractivity contribution in [1.29, 1.82) is 0 Å². The fourth-order valence-corrected chi connectivity index (χ4v) is 1.52. The van der Waals surface area contributed by atoms with Gasteiger partial charge >= 0.3 is 5.97 Å². The molecule has 0 saturated carbocycles. The molecule has 18 heavy (non-hydrogen) atoms. The van der Waals surface area contributed by atoms with Crippen molar-refractivity contribution in [2.75, 3.05) is 13.7 Å². The van der Waals surface area contributed by atoms with Crippen LogP contribution in [0, 0.1) is 0 Å². The number of nitrogens with one attached hydrogen (secondary N) is 1. The monoisotopic (exact) mass is 291 g/mol. The number of hydrogen-bond donors (Lipinski definition) is 2. The van der Waals surface area contributed by atoms with Gasteiger partial charge in [0.15, 0.2) is 0 Å². The molecule has 1 unspecified atom stereocenters. The number of carbonyl (C=O) groups excluding carboxylic acids is 2. The Morgan fingerprint density at radius 1 is 1.50 bits per heavy atom. The summed E-state index contributed by atoms with van der Waals surface area (Å²) in [4.78, 5) is 22.7. The lowest BCUT2D eigenvalue weighted by atomic mass is 10.2. The number of phenolic OH excluding ortho intramolecular Hbond substituents is 1. The Bertz CT molecular complexity index is 464. The van der Waals surface area contributed by atoms with Gasteiger partial charge in [0.25, 0.3) is 5.91 Å². The topological polar surface area (TPSA) is 75.6 Å². The van der Waals surface area contributed by atoms with Gasteiger partial charge in [-0.05, 0) is 18.2 Å². The first kappa shape index (κ1) is 14.6. The lowest BCUT2D eigenvalue weighted by Crippen LogP contribution is -2.34. The first-order valence-electron chi connectivity index (χ1n) is 4.94. The molecule has 1 rings (SSSR count). The minimum absolute atomic E-state index is 0.0492. The van der Waals surface area contributed by atoms with Crippen LogP contribution in [0.5, 0.6) is 5.75 Å². The van der Waals surface area contributed by atoms with Crippen LogP contribution in [0.2, 0.25) is 5.02 Å². The molecule has 0 aliphatic heterocycles. The Morgan fingerprint density at radius 2 is 2.17 bits per heavy atom. The number of esters is 1. The van der Waals surface area contributed by atoms with E-state index in [9.17, 15) is 14.7 Å². The molecule has 1 aromatic rings. The van der Waals surface area contributed by atoms with Gasteiger partial charge in [-0.3, -0.25) is 9.59 Å². The number of carbonyl (C=O) groups is 2. The maximum Gasteiger partial charge on any atom is 0.325 e.